The molecule has 0 fully saturated rings. The Bertz CT molecular complexity index is 541. The lowest BCUT2D eigenvalue weighted by Gasteiger charge is -2.11. The molecule has 7 nitrogen and oxygen atoms in total. The second kappa shape index (κ2) is 6.14. The molecule has 19 heavy (non-hydrogen) atoms. The number of ether oxygens (including phenoxy) is 2. The maximum atomic E-state index is 5.32. The van der Waals surface area contributed by atoms with Crippen molar-refractivity contribution >= 4 is 0 Å². The molecule has 2 aromatic rings. The standard InChI is InChI=1S/C12H17N5O2/c1-17-8-15-16-11(17)7-13-6-9-12(19-3)10(18-2)4-5-14-9/h4-5,8,13H,6-7H2,1-3H3. The van der Waals surface area contributed by atoms with Crippen LogP contribution in [0.3, 0.4) is 0 Å². The molecule has 2 heterocycles. The molecule has 0 bridgehead atoms. The zero-order valence-electron chi connectivity index (χ0n) is 11.3. The van der Waals surface area contributed by atoms with Gasteiger partial charge in [0.05, 0.1) is 26.5 Å². The fourth-order valence-electron chi connectivity index (χ4n) is 1.74. The molecule has 2 aromatic heterocycles. The summed E-state index contributed by atoms with van der Waals surface area (Å²) in [5.74, 6) is 2.19. The monoisotopic (exact) mass is 263 g/mol. The van der Waals surface area contributed by atoms with Gasteiger partial charge >= 0.3 is 0 Å². The molecule has 0 aliphatic rings. The molecule has 2 rings (SSSR count). The first-order chi connectivity index (χ1) is 9.26. The van der Waals surface area contributed by atoms with Gasteiger partial charge in [-0.15, -0.1) is 10.2 Å². The predicted molar refractivity (Wildman–Crippen MR) is 68.9 cm³/mol. The minimum Gasteiger partial charge on any atom is -0.493 e. The van der Waals surface area contributed by atoms with Gasteiger partial charge in [-0.3, -0.25) is 4.98 Å². The van der Waals surface area contributed by atoms with Gasteiger partial charge in [-0.1, -0.05) is 0 Å². The number of nitrogens with zero attached hydrogens (tertiary/aromatic N) is 4. The van der Waals surface area contributed by atoms with Gasteiger partial charge in [0, 0.05) is 25.9 Å². The highest BCUT2D eigenvalue weighted by molar-refractivity contribution is 5.42. The first-order valence-electron chi connectivity index (χ1n) is 5.85. The van der Waals surface area contributed by atoms with E-state index in [0.717, 1.165) is 11.5 Å². The topological polar surface area (TPSA) is 74.1 Å². The van der Waals surface area contributed by atoms with Crippen molar-refractivity contribution in [2.24, 2.45) is 7.05 Å². The van der Waals surface area contributed by atoms with Gasteiger partial charge in [-0.05, 0) is 0 Å². The Kier molecular flexibility index (Phi) is 4.30. The van der Waals surface area contributed by atoms with Crippen molar-refractivity contribution in [2.75, 3.05) is 14.2 Å². The van der Waals surface area contributed by atoms with E-state index in [1.54, 1.807) is 32.8 Å². The van der Waals surface area contributed by atoms with Crippen molar-refractivity contribution < 1.29 is 9.47 Å². The minimum atomic E-state index is 0.563. The molecule has 0 aliphatic heterocycles. The first-order valence-corrected chi connectivity index (χ1v) is 5.85. The molecule has 1 N–H and O–H groups in total. The lowest BCUT2D eigenvalue weighted by atomic mass is 10.3. The highest BCUT2D eigenvalue weighted by Crippen LogP contribution is 2.28. The summed E-state index contributed by atoms with van der Waals surface area (Å²) in [6.45, 7) is 1.17. The number of hydrogen-bond donors (Lipinski definition) is 1. The third-order valence-electron chi connectivity index (χ3n) is 2.75. The van der Waals surface area contributed by atoms with Gasteiger partial charge < -0.3 is 19.4 Å². The highest BCUT2D eigenvalue weighted by atomic mass is 16.5. The van der Waals surface area contributed by atoms with Gasteiger partial charge in [0.25, 0.3) is 0 Å². The molecule has 0 atom stereocenters. The van der Waals surface area contributed by atoms with Crippen LogP contribution in [-0.2, 0) is 20.1 Å². The lowest BCUT2D eigenvalue weighted by molar-refractivity contribution is 0.348. The number of nitrogens with one attached hydrogen (secondary N) is 1. The molecule has 0 unspecified atom stereocenters. The van der Waals surface area contributed by atoms with E-state index in [2.05, 4.69) is 20.5 Å². The molecule has 0 spiro atoms. The second-order valence-electron chi connectivity index (χ2n) is 3.95. The molecule has 0 radical (unpaired) electrons. The predicted octanol–water partition coefficient (Wildman–Crippen LogP) is 0.517. The Morgan fingerprint density at radius 3 is 2.74 bits per heavy atom. The van der Waals surface area contributed by atoms with Crippen LogP contribution in [0, 0.1) is 0 Å². The Labute approximate surface area is 111 Å². The summed E-state index contributed by atoms with van der Waals surface area (Å²) in [6.07, 6.45) is 3.36. The summed E-state index contributed by atoms with van der Waals surface area (Å²) in [6, 6.07) is 1.77. The van der Waals surface area contributed by atoms with Crippen molar-refractivity contribution in [3.63, 3.8) is 0 Å². The molecule has 0 amide bonds. The van der Waals surface area contributed by atoms with Crippen molar-refractivity contribution in [3.8, 4) is 11.5 Å². The van der Waals surface area contributed by atoms with Gasteiger partial charge in [0.15, 0.2) is 11.5 Å². The Balaban J connectivity index is 2.01. The third-order valence-corrected chi connectivity index (χ3v) is 2.75. The highest BCUT2D eigenvalue weighted by Gasteiger charge is 2.10. The maximum Gasteiger partial charge on any atom is 0.183 e. The van der Waals surface area contributed by atoms with E-state index in [1.807, 2.05) is 11.6 Å². The molecule has 0 aliphatic carbocycles. The fourth-order valence-corrected chi connectivity index (χ4v) is 1.74. The third kappa shape index (κ3) is 3.00. The summed E-state index contributed by atoms with van der Waals surface area (Å²) in [5.41, 5.74) is 0.795. The van der Waals surface area contributed by atoms with Gasteiger partial charge in [0.1, 0.15) is 12.2 Å². The zero-order chi connectivity index (χ0) is 13.7. The first kappa shape index (κ1) is 13.3. The number of rotatable bonds is 6. The molecule has 0 saturated heterocycles. The molecular weight excluding hydrogens is 246 g/mol. The summed E-state index contributed by atoms with van der Waals surface area (Å²) in [5, 5.41) is 11.1. The Hall–Kier alpha value is -2.15. The lowest BCUT2D eigenvalue weighted by Crippen LogP contribution is -2.17. The van der Waals surface area contributed by atoms with E-state index in [1.165, 1.54) is 0 Å². The SMILES string of the molecule is COc1ccnc(CNCc2nncn2C)c1OC. The Morgan fingerprint density at radius 1 is 1.26 bits per heavy atom. The molecule has 0 saturated carbocycles. The van der Waals surface area contributed by atoms with E-state index in [9.17, 15) is 0 Å². The van der Waals surface area contributed by atoms with Crippen LogP contribution < -0.4 is 14.8 Å². The number of aromatic nitrogens is 4. The van der Waals surface area contributed by atoms with Crippen LogP contribution in [0.4, 0.5) is 0 Å². The van der Waals surface area contributed by atoms with E-state index < -0.39 is 0 Å². The van der Waals surface area contributed by atoms with E-state index in [-0.39, 0.29) is 0 Å². The van der Waals surface area contributed by atoms with Crippen LogP contribution in [-0.4, -0.2) is 34.0 Å². The van der Waals surface area contributed by atoms with Crippen molar-refractivity contribution in [1.82, 2.24) is 25.1 Å². The van der Waals surface area contributed by atoms with Crippen molar-refractivity contribution in [3.05, 3.63) is 30.1 Å². The smallest absolute Gasteiger partial charge is 0.183 e. The fraction of sp³-hybridized carbons (Fsp3) is 0.417. The van der Waals surface area contributed by atoms with E-state index >= 15 is 0 Å². The van der Waals surface area contributed by atoms with E-state index in [0.29, 0.717) is 24.6 Å². The molecule has 7 heteroatoms. The van der Waals surface area contributed by atoms with Crippen LogP contribution in [0.15, 0.2) is 18.6 Å². The van der Waals surface area contributed by atoms with Crippen LogP contribution in [0.2, 0.25) is 0 Å². The number of hydrogen-bond acceptors (Lipinski definition) is 6. The zero-order valence-corrected chi connectivity index (χ0v) is 11.3. The number of aryl methyl sites for hydroxylation is 1. The molecular formula is C12H17N5O2. The maximum absolute atomic E-state index is 5.32. The summed E-state index contributed by atoms with van der Waals surface area (Å²) >= 11 is 0. The van der Waals surface area contributed by atoms with Crippen LogP contribution >= 0.6 is 0 Å². The normalized spacial score (nSPS) is 10.5. The van der Waals surface area contributed by atoms with Crippen LogP contribution in [0.1, 0.15) is 11.5 Å². The van der Waals surface area contributed by atoms with Crippen LogP contribution in [0.5, 0.6) is 11.5 Å². The second-order valence-corrected chi connectivity index (χ2v) is 3.95. The van der Waals surface area contributed by atoms with Gasteiger partial charge in [0.2, 0.25) is 0 Å². The summed E-state index contributed by atoms with van der Waals surface area (Å²) in [4.78, 5) is 4.29. The molecule has 0 aromatic carbocycles. The number of pyridine rings is 1. The minimum absolute atomic E-state index is 0.563. The number of methoxy groups -OCH3 is 2. The Morgan fingerprint density at radius 2 is 2.11 bits per heavy atom. The average Bonchev–Trinajstić information content (AvgIpc) is 2.84. The van der Waals surface area contributed by atoms with Crippen molar-refractivity contribution in [1.29, 1.82) is 0 Å². The van der Waals surface area contributed by atoms with Gasteiger partial charge in [-0.2, -0.15) is 0 Å². The average molecular weight is 263 g/mol. The van der Waals surface area contributed by atoms with Crippen LogP contribution in [0.25, 0.3) is 0 Å². The summed E-state index contributed by atoms with van der Waals surface area (Å²) in [7, 11) is 5.11. The largest absolute Gasteiger partial charge is 0.493 e. The molecule has 102 valence electrons. The van der Waals surface area contributed by atoms with E-state index in [4.69, 9.17) is 9.47 Å². The van der Waals surface area contributed by atoms with Crippen molar-refractivity contribution in [2.45, 2.75) is 13.1 Å². The summed E-state index contributed by atoms with van der Waals surface area (Å²) < 4.78 is 12.4. The quantitative estimate of drug-likeness (QED) is 0.819. The van der Waals surface area contributed by atoms with Gasteiger partial charge in [-0.25, -0.2) is 0 Å².